The molecule has 0 spiro atoms. The molecule has 0 aromatic heterocycles. The van der Waals surface area contributed by atoms with Crippen LogP contribution in [0.4, 0.5) is 0 Å². The monoisotopic (exact) mass is 316 g/mol. The van der Waals surface area contributed by atoms with Crippen LogP contribution in [0.3, 0.4) is 0 Å². The van der Waals surface area contributed by atoms with Gasteiger partial charge in [-0.15, -0.1) is 0 Å². The second-order valence-electron chi connectivity index (χ2n) is 5.09. The highest BCUT2D eigenvalue weighted by Crippen LogP contribution is 2.34. The molecule has 1 nitrogen and oxygen atoms in total. The maximum absolute atomic E-state index is 10.8. The third kappa shape index (κ3) is 2.65. The summed E-state index contributed by atoms with van der Waals surface area (Å²) < 4.78 is 0. The van der Waals surface area contributed by atoms with Crippen LogP contribution in [0.25, 0.3) is 10.8 Å². The average Bonchev–Trinajstić information content (AvgIpc) is 2.49. The minimum absolute atomic E-state index is 0.450. The Labute approximate surface area is 133 Å². The van der Waals surface area contributed by atoms with Gasteiger partial charge in [0.25, 0.3) is 0 Å². The van der Waals surface area contributed by atoms with Crippen molar-refractivity contribution >= 4 is 34.0 Å². The molecule has 21 heavy (non-hydrogen) atoms. The molecule has 106 valence electrons. The van der Waals surface area contributed by atoms with Gasteiger partial charge in [-0.1, -0.05) is 65.7 Å². The number of hydrogen-bond acceptors (Lipinski definition) is 1. The molecule has 3 aromatic carbocycles. The van der Waals surface area contributed by atoms with E-state index in [-0.39, 0.29) is 0 Å². The lowest BCUT2D eigenvalue weighted by Crippen LogP contribution is -2.03. The summed E-state index contributed by atoms with van der Waals surface area (Å²) in [6.07, 6.45) is -0.731. The van der Waals surface area contributed by atoms with Gasteiger partial charge < -0.3 is 5.11 Å². The maximum atomic E-state index is 10.8. The van der Waals surface area contributed by atoms with Gasteiger partial charge in [0, 0.05) is 0 Å². The topological polar surface area (TPSA) is 20.2 Å². The molecule has 3 heteroatoms. The molecular formula is C18H14Cl2O. The first-order chi connectivity index (χ1) is 10.1. The van der Waals surface area contributed by atoms with Gasteiger partial charge in [0.05, 0.1) is 10.0 Å². The van der Waals surface area contributed by atoms with Crippen LogP contribution in [0.15, 0.2) is 54.6 Å². The number of hydrogen-bond donors (Lipinski definition) is 1. The Kier molecular flexibility index (Phi) is 3.90. The number of aliphatic hydroxyl groups excluding tert-OH is 1. The highest BCUT2D eigenvalue weighted by Gasteiger charge is 2.17. The van der Waals surface area contributed by atoms with Crippen LogP contribution in [0.2, 0.25) is 10.0 Å². The molecule has 1 atom stereocenters. The first-order valence-electron chi connectivity index (χ1n) is 6.69. The number of rotatable bonds is 2. The minimum Gasteiger partial charge on any atom is -0.384 e. The van der Waals surface area contributed by atoms with Crippen molar-refractivity contribution in [2.45, 2.75) is 13.0 Å². The summed E-state index contributed by atoms with van der Waals surface area (Å²) in [5.74, 6) is 0. The molecule has 1 N–H and O–H groups in total. The van der Waals surface area contributed by atoms with Crippen molar-refractivity contribution in [3.63, 3.8) is 0 Å². The van der Waals surface area contributed by atoms with Crippen molar-refractivity contribution in [3.8, 4) is 0 Å². The number of benzene rings is 3. The lowest BCUT2D eigenvalue weighted by molar-refractivity contribution is 0.221. The van der Waals surface area contributed by atoms with Crippen LogP contribution < -0.4 is 0 Å². The van der Waals surface area contributed by atoms with Crippen LogP contribution >= 0.6 is 23.2 Å². The Morgan fingerprint density at radius 1 is 0.905 bits per heavy atom. The van der Waals surface area contributed by atoms with Crippen LogP contribution in [-0.4, -0.2) is 5.11 Å². The summed E-state index contributed by atoms with van der Waals surface area (Å²) in [6.45, 7) is 2.00. The molecule has 0 unspecified atom stereocenters. The number of aliphatic hydroxyl groups is 1. The average molecular weight is 317 g/mol. The zero-order chi connectivity index (χ0) is 15.0. The molecule has 0 bridgehead atoms. The normalized spacial score (nSPS) is 12.6. The summed E-state index contributed by atoms with van der Waals surface area (Å²) >= 11 is 12.0. The molecule has 0 radical (unpaired) electrons. The second kappa shape index (κ2) is 5.69. The largest absolute Gasteiger partial charge is 0.384 e. The van der Waals surface area contributed by atoms with E-state index in [0.29, 0.717) is 10.0 Å². The second-order valence-corrected chi connectivity index (χ2v) is 5.91. The van der Waals surface area contributed by atoms with E-state index in [0.717, 1.165) is 27.5 Å². The van der Waals surface area contributed by atoms with Crippen LogP contribution in [0, 0.1) is 6.92 Å². The van der Waals surface area contributed by atoms with Gasteiger partial charge >= 0.3 is 0 Å². The fraction of sp³-hybridized carbons (Fsp3) is 0.111. The molecule has 3 rings (SSSR count). The third-order valence-corrected chi connectivity index (χ3v) is 4.46. The molecule has 0 aliphatic rings. The maximum Gasteiger partial charge on any atom is 0.105 e. The Balaban J connectivity index is 2.19. The molecule has 0 heterocycles. The highest BCUT2D eigenvalue weighted by atomic mass is 35.5. The van der Waals surface area contributed by atoms with Gasteiger partial charge in [0.2, 0.25) is 0 Å². The standard InChI is InChI=1S/C18H14Cl2O/c1-11-6-7-12-4-2-3-5-14(12)17(11)18(21)13-8-9-15(19)16(20)10-13/h2-10,18,21H,1H3/t18-/m0/s1. The van der Waals surface area contributed by atoms with Crippen LogP contribution in [-0.2, 0) is 0 Å². The van der Waals surface area contributed by atoms with Crippen molar-refractivity contribution in [3.05, 3.63) is 81.3 Å². The predicted molar refractivity (Wildman–Crippen MR) is 89.2 cm³/mol. The lowest BCUT2D eigenvalue weighted by Gasteiger charge is -2.17. The Morgan fingerprint density at radius 3 is 2.43 bits per heavy atom. The first-order valence-corrected chi connectivity index (χ1v) is 7.45. The summed E-state index contributed by atoms with van der Waals surface area (Å²) in [7, 11) is 0. The smallest absolute Gasteiger partial charge is 0.105 e. The SMILES string of the molecule is Cc1ccc2ccccc2c1[C@@H](O)c1ccc(Cl)c(Cl)c1. The Bertz CT molecular complexity index is 811. The van der Waals surface area contributed by atoms with Gasteiger partial charge in [-0.25, -0.2) is 0 Å². The fourth-order valence-corrected chi connectivity index (χ4v) is 2.92. The molecule has 0 saturated carbocycles. The van der Waals surface area contributed by atoms with Crippen LogP contribution in [0.1, 0.15) is 22.8 Å². The zero-order valence-corrected chi connectivity index (χ0v) is 13.0. The van der Waals surface area contributed by atoms with E-state index in [2.05, 4.69) is 6.07 Å². The molecule has 0 saturated heterocycles. The van der Waals surface area contributed by atoms with Crippen molar-refractivity contribution in [1.29, 1.82) is 0 Å². The lowest BCUT2D eigenvalue weighted by atomic mass is 9.92. The number of fused-ring (bicyclic) bond motifs is 1. The Hall–Kier alpha value is -1.54. The van der Waals surface area contributed by atoms with E-state index < -0.39 is 6.10 Å². The van der Waals surface area contributed by atoms with E-state index in [1.54, 1.807) is 18.2 Å². The summed E-state index contributed by atoms with van der Waals surface area (Å²) in [4.78, 5) is 0. The fourth-order valence-electron chi connectivity index (χ4n) is 2.62. The minimum atomic E-state index is -0.731. The molecule has 0 amide bonds. The van der Waals surface area contributed by atoms with Crippen LogP contribution in [0.5, 0.6) is 0 Å². The van der Waals surface area contributed by atoms with E-state index in [4.69, 9.17) is 23.2 Å². The number of aryl methyl sites for hydroxylation is 1. The quantitative estimate of drug-likeness (QED) is 0.658. The predicted octanol–water partition coefficient (Wildman–Crippen LogP) is 5.54. The highest BCUT2D eigenvalue weighted by molar-refractivity contribution is 6.42. The Morgan fingerprint density at radius 2 is 1.67 bits per heavy atom. The summed E-state index contributed by atoms with van der Waals surface area (Å²) in [6, 6.07) is 17.4. The van der Waals surface area contributed by atoms with E-state index in [1.807, 2.05) is 37.3 Å². The molecule has 3 aromatic rings. The van der Waals surface area contributed by atoms with E-state index in [9.17, 15) is 5.11 Å². The molecule has 0 fully saturated rings. The van der Waals surface area contributed by atoms with Gasteiger partial charge in [0.1, 0.15) is 6.10 Å². The molecule has 0 aliphatic carbocycles. The first kappa shape index (κ1) is 14.4. The number of halogens is 2. The van der Waals surface area contributed by atoms with Gasteiger partial charge in [-0.2, -0.15) is 0 Å². The molecule has 0 aliphatic heterocycles. The van der Waals surface area contributed by atoms with E-state index in [1.165, 1.54) is 0 Å². The van der Waals surface area contributed by atoms with Gasteiger partial charge in [-0.05, 0) is 46.5 Å². The summed E-state index contributed by atoms with van der Waals surface area (Å²) in [5, 5.41) is 13.9. The van der Waals surface area contributed by atoms with Crippen molar-refractivity contribution in [1.82, 2.24) is 0 Å². The van der Waals surface area contributed by atoms with Crippen molar-refractivity contribution < 1.29 is 5.11 Å². The molecular weight excluding hydrogens is 303 g/mol. The van der Waals surface area contributed by atoms with Crippen molar-refractivity contribution in [2.24, 2.45) is 0 Å². The summed E-state index contributed by atoms with van der Waals surface area (Å²) in [5.41, 5.74) is 2.70. The van der Waals surface area contributed by atoms with E-state index >= 15 is 0 Å². The van der Waals surface area contributed by atoms with Gasteiger partial charge in [0.15, 0.2) is 0 Å². The van der Waals surface area contributed by atoms with Gasteiger partial charge in [-0.3, -0.25) is 0 Å². The third-order valence-electron chi connectivity index (χ3n) is 3.72. The van der Waals surface area contributed by atoms with Crippen molar-refractivity contribution in [2.75, 3.05) is 0 Å². The zero-order valence-electron chi connectivity index (χ0n) is 11.5.